The lowest BCUT2D eigenvalue weighted by Crippen LogP contribution is -2.50. The standard InChI is InChI=1S/C18H21N5O2/c1-14(24)22-9-11-23(12-10-22)17(25)16-7-8-19-18(21-16)20-13-15-5-3-2-4-6-15/h2-8H,9-13H2,1H3,(H,19,20,21). The Kier molecular flexibility index (Phi) is 5.23. The van der Waals surface area contributed by atoms with Gasteiger partial charge in [-0.3, -0.25) is 9.59 Å². The number of hydrogen-bond donors (Lipinski definition) is 1. The van der Waals surface area contributed by atoms with Crippen molar-refractivity contribution in [3.8, 4) is 0 Å². The first-order valence-corrected chi connectivity index (χ1v) is 8.29. The Bertz CT molecular complexity index is 742. The molecule has 1 N–H and O–H groups in total. The monoisotopic (exact) mass is 339 g/mol. The number of amides is 2. The molecule has 0 bridgehead atoms. The summed E-state index contributed by atoms with van der Waals surface area (Å²) in [6.45, 7) is 4.31. The SMILES string of the molecule is CC(=O)N1CCN(C(=O)c2ccnc(NCc3ccccc3)n2)CC1. The Labute approximate surface area is 146 Å². The molecule has 7 heteroatoms. The smallest absolute Gasteiger partial charge is 0.272 e. The third-order valence-electron chi connectivity index (χ3n) is 4.18. The molecule has 0 aliphatic carbocycles. The fourth-order valence-electron chi connectivity index (χ4n) is 2.73. The van der Waals surface area contributed by atoms with Gasteiger partial charge < -0.3 is 15.1 Å². The van der Waals surface area contributed by atoms with E-state index < -0.39 is 0 Å². The van der Waals surface area contributed by atoms with Crippen LogP contribution in [0.3, 0.4) is 0 Å². The molecule has 2 aromatic rings. The van der Waals surface area contributed by atoms with E-state index in [4.69, 9.17) is 0 Å². The van der Waals surface area contributed by atoms with Gasteiger partial charge >= 0.3 is 0 Å². The molecule has 7 nitrogen and oxygen atoms in total. The summed E-state index contributed by atoms with van der Waals surface area (Å²) < 4.78 is 0. The van der Waals surface area contributed by atoms with Crippen molar-refractivity contribution in [1.82, 2.24) is 19.8 Å². The minimum absolute atomic E-state index is 0.0431. The van der Waals surface area contributed by atoms with E-state index in [9.17, 15) is 9.59 Å². The Balaban J connectivity index is 1.61. The fourth-order valence-corrected chi connectivity index (χ4v) is 2.73. The summed E-state index contributed by atoms with van der Waals surface area (Å²) in [6.07, 6.45) is 1.58. The lowest BCUT2D eigenvalue weighted by atomic mass is 10.2. The van der Waals surface area contributed by atoms with Gasteiger partial charge in [-0.25, -0.2) is 9.97 Å². The van der Waals surface area contributed by atoms with Crippen LogP contribution in [0.1, 0.15) is 23.0 Å². The summed E-state index contributed by atoms with van der Waals surface area (Å²) in [5, 5.41) is 3.14. The lowest BCUT2D eigenvalue weighted by molar-refractivity contribution is -0.130. The van der Waals surface area contributed by atoms with Crippen molar-refractivity contribution < 1.29 is 9.59 Å². The second-order valence-corrected chi connectivity index (χ2v) is 5.90. The number of nitrogens with zero attached hydrogens (tertiary/aromatic N) is 4. The highest BCUT2D eigenvalue weighted by atomic mass is 16.2. The van der Waals surface area contributed by atoms with E-state index in [2.05, 4.69) is 15.3 Å². The molecule has 1 fully saturated rings. The van der Waals surface area contributed by atoms with Gasteiger partial charge in [-0.05, 0) is 11.6 Å². The number of benzene rings is 1. The maximum Gasteiger partial charge on any atom is 0.272 e. The Morgan fingerprint density at radius 1 is 1.04 bits per heavy atom. The van der Waals surface area contributed by atoms with Gasteiger partial charge in [0.1, 0.15) is 5.69 Å². The number of piperazine rings is 1. The second-order valence-electron chi connectivity index (χ2n) is 5.90. The number of anilines is 1. The molecule has 0 unspecified atom stereocenters. The molecule has 0 saturated carbocycles. The number of carbonyl (C=O) groups is 2. The van der Waals surface area contributed by atoms with Crippen LogP contribution >= 0.6 is 0 Å². The Morgan fingerprint density at radius 3 is 2.40 bits per heavy atom. The topological polar surface area (TPSA) is 78.4 Å². The number of rotatable bonds is 4. The third kappa shape index (κ3) is 4.32. The van der Waals surface area contributed by atoms with E-state index in [1.807, 2.05) is 30.3 Å². The number of hydrogen-bond acceptors (Lipinski definition) is 5. The first-order valence-electron chi connectivity index (χ1n) is 8.29. The van der Waals surface area contributed by atoms with E-state index in [0.29, 0.717) is 44.4 Å². The summed E-state index contributed by atoms with van der Waals surface area (Å²) >= 11 is 0. The Morgan fingerprint density at radius 2 is 1.72 bits per heavy atom. The zero-order valence-corrected chi connectivity index (χ0v) is 14.2. The quantitative estimate of drug-likeness (QED) is 0.911. The van der Waals surface area contributed by atoms with Crippen molar-refractivity contribution in [2.45, 2.75) is 13.5 Å². The number of aromatic nitrogens is 2. The average molecular weight is 339 g/mol. The van der Waals surface area contributed by atoms with E-state index in [1.54, 1.807) is 29.0 Å². The first-order chi connectivity index (χ1) is 12.1. The van der Waals surface area contributed by atoms with Crippen LogP contribution < -0.4 is 5.32 Å². The summed E-state index contributed by atoms with van der Waals surface area (Å²) in [7, 11) is 0. The van der Waals surface area contributed by atoms with Gasteiger partial charge in [0.25, 0.3) is 5.91 Å². The highest BCUT2D eigenvalue weighted by molar-refractivity contribution is 5.92. The summed E-state index contributed by atoms with van der Waals surface area (Å²) in [5.74, 6) is 0.340. The van der Waals surface area contributed by atoms with E-state index in [1.165, 1.54) is 0 Å². The molecule has 0 atom stereocenters. The third-order valence-corrected chi connectivity index (χ3v) is 4.18. The van der Waals surface area contributed by atoms with Crippen LogP contribution in [0.25, 0.3) is 0 Å². The normalized spacial score (nSPS) is 14.3. The summed E-state index contributed by atoms with van der Waals surface area (Å²) in [6, 6.07) is 11.5. The molecule has 0 radical (unpaired) electrons. The van der Waals surface area contributed by atoms with E-state index in [-0.39, 0.29) is 11.8 Å². The summed E-state index contributed by atoms with van der Waals surface area (Å²) in [4.78, 5) is 35.9. The van der Waals surface area contributed by atoms with Crippen LogP contribution in [0.15, 0.2) is 42.6 Å². The predicted octanol–water partition coefficient (Wildman–Crippen LogP) is 1.39. The molecule has 1 aliphatic rings. The molecule has 1 aromatic heterocycles. The van der Waals surface area contributed by atoms with Gasteiger partial charge in [0, 0.05) is 45.8 Å². The Hall–Kier alpha value is -2.96. The van der Waals surface area contributed by atoms with E-state index in [0.717, 1.165) is 5.56 Å². The first kappa shape index (κ1) is 16.9. The van der Waals surface area contributed by atoms with Crippen molar-refractivity contribution >= 4 is 17.8 Å². The summed E-state index contributed by atoms with van der Waals surface area (Å²) in [5.41, 5.74) is 1.48. The van der Waals surface area contributed by atoms with Crippen molar-refractivity contribution in [2.75, 3.05) is 31.5 Å². The molecular formula is C18H21N5O2. The van der Waals surface area contributed by atoms with Crippen LogP contribution in [-0.2, 0) is 11.3 Å². The highest BCUT2D eigenvalue weighted by Crippen LogP contribution is 2.09. The van der Waals surface area contributed by atoms with Gasteiger partial charge in [-0.1, -0.05) is 30.3 Å². The van der Waals surface area contributed by atoms with Crippen LogP contribution in [0.5, 0.6) is 0 Å². The molecule has 3 rings (SSSR count). The van der Waals surface area contributed by atoms with Crippen molar-refractivity contribution in [2.24, 2.45) is 0 Å². The molecule has 1 aromatic carbocycles. The molecule has 2 amide bonds. The largest absolute Gasteiger partial charge is 0.350 e. The number of carbonyl (C=O) groups excluding carboxylic acids is 2. The molecular weight excluding hydrogens is 318 g/mol. The van der Waals surface area contributed by atoms with Gasteiger partial charge in [0.05, 0.1) is 0 Å². The molecule has 1 saturated heterocycles. The number of nitrogens with one attached hydrogen (secondary N) is 1. The zero-order chi connectivity index (χ0) is 17.6. The van der Waals surface area contributed by atoms with Gasteiger partial charge in [-0.2, -0.15) is 0 Å². The maximum absolute atomic E-state index is 12.6. The molecule has 0 spiro atoms. The van der Waals surface area contributed by atoms with E-state index >= 15 is 0 Å². The van der Waals surface area contributed by atoms with Gasteiger partial charge in [-0.15, -0.1) is 0 Å². The van der Waals surface area contributed by atoms with Crippen molar-refractivity contribution in [1.29, 1.82) is 0 Å². The fraction of sp³-hybridized carbons (Fsp3) is 0.333. The van der Waals surface area contributed by atoms with Crippen LogP contribution in [0.4, 0.5) is 5.95 Å². The molecule has 25 heavy (non-hydrogen) atoms. The van der Waals surface area contributed by atoms with Crippen LogP contribution in [0, 0.1) is 0 Å². The van der Waals surface area contributed by atoms with Gasteiger partial charge in [0.15, 0.2) is 0 Å². The van der Waals surface area contributed by atoms with Crippen molar-refractivity contribution in [3.05, 3.63) is 53.9 Å². The zero-order valence-electron chi connectivity index (χ0n) is 14.2. The highest BCUT2D eigenvalue weighted by Gasteiger charge is 2.24. The average Bonchev–Trinajstić information content (AvgIpc) is 2.67. The molecule has 2 heterocycles. The van der Waals surface area contributed by atoms with Crippen LogP contribution in [0.2, 0.25) is 0 Å². The van der Waals surface area contributed by atoms with Crippen molar-refractivity contribution in [3.63, 3.8) is 0 Å². The predicted molar refractivity (Wildman–Crippen MR) is 94.0 cm³/mol. The molecule has 1 aliphatic heterocycles. The molecule has 130 valence electrons. The maximum atomic E-state index is 12.6. The minimum atomic E-state index is -0.131. The lowest BCUT2D eigenvalue weighted by Gasteiger charge is -2.34. The minimum Gasteiger partial charge on any atom is -0.350 e. The van der Waals surface area contributed by atoms with Crippen LogP contribution in [-0.4, -0.2) is 57.8 Å². The second kappa shape index (κ2) is 7.74. The van der Waals surface area contributed by atoms with Gasteiger partial charge in [0.2, 0.25) is 11.9 Å².